The van der Waals surface area contributed by atoms with Crippen molar-refractivity contribution < 1.29 is 9.47 Å². The van der Waals surface area contributed by atoms with E-state index < -0.39 is 0 Å². The first-order valence-electron chi connectivity index (χ1n) is 6.82. The van der Waals surface area contributed by atoms with Crippen molar-refractivity contribution in [3.63, 3.8) is 0 Å². The minimum Gasteiger partial charge on any atom is -0.487 e. The zero-order valence-electron chi connectivity index (χ0n) is 11.6. The Morgan fingerprint density at radius 1 is 1.24 bits per heavy atom. The van der Waals surface area contributed by atoms with Gasteiger partial charge in [-0.2, -0.15) is 0 Å². The second kappa shape index (κ2) is 5.40. The Balaban J connectivity index is 1.67. The molecule has 2 aromatic rings. The molecule has 110 valence electrons. The normalized spacial score (nSPS) is 16.9. The largest absolute Gasteiger partial charge is 0.487 e. The highest BCUT2D eigenvalue weighted by Crippen LogP contribution is 2.30. The van der Waals surface area contributed by atoms with Gasteiger partial charge in [0.2, 0.25) is 0 Å². The molecular weight excluding hydrogens is 268 g/mol. The molecule has 1 aliphatic heterocycles. The standard InChI is InChI=1S/C15H18N4O2/c16-13-7-12(14(17)15(18)19-13)20-8-10-6-5-9-3-1-2-4-11(9)21-10/h1-4,7,10H,5-6,8,17H2,(H4,16,18,19). The molecule has 6 N–H and O–H groups in total. The van der Waals surface area contributed by atoms with Gasteiger partial charge in [0.15, 0.2) is 5.82 Å². The van der Waals surface area contributed by atoms with Crippen molar-refractivity contribution in [1.29, 1.82) is 0 Å². The van der Waals surface area contributed by atoms with Crippen molar-refractivity contribution in [2.75, 3.05) is 23.8 Å². The van der Waals surface area contributed by atoms with Crippen LogP contribution in [0.25, 0.3) is 0 Å². The number of pyridine rings is 1. The quantitative estimate of drug-likeness (QED) is 0.790. The molecule has 1 aromatic heterocycles. The molecule has 1 aromatic carbocycles. The maximum Gasteiger partial charge on any atom is 0.152 e. The molecule has 2 heterocycles. The Morgan fingerprint density at radius 3 is 2.90 bits per heavy atom. The molecule has 0 bridgehead atoms. The van der Waals surface area contributed by atoms with E-state index in [9.17, 15) is 0 Å². The first-order chi connectivity index (χ1) is 10.1. The summed E-state index contributed by atoms with van der Waals surface area (Å²) in [5.74, 6) is 1.83. The highest BCUT2D eigenvalue weighted by atomic mass is 16.5. The number of benzene rings is 1. The summed E-state index contributed by atoms with van der Waals surface area (Å²) in [7, 11) is 0. The summed E-state index contributed by atoms with van der Waals surface area (Å²) >= 11 is 0. The Morgan fingerprint density at radius 2 is 2.05 bits per heavy atom. The smallest absolute Gasteiger partial charge is 0.152 e. The molecule has 0 aliphatic carbocycles. The Kier molecular flexibility index (Phi) is 3.43. The molecule has 3 rings (SSSR count). The van der Waals surface area contributed by atoms with E-state index in [2.05, 4.69) is 11.1 Å². The van der Waals surface area contributed by atoms with Crippen LogP contribution in [0.2, 0.25) is 0 Å². The van der Waals surface area contributed by atoms with Gasteiger partial charge in [0.1, 0.15) is 35.7 Å². The number of aromatic nitrogens is 1. The number of para-hydroxylation sites is 1. The van der Waals surface area contributed by atoms with Crippen molar-refractivity contribution in [2.45, 2.75) is 18.9 Å². The lowest BCUT2D eigenvalue weighted by atomic mass is 10.0. The molecule has 0 fully saturated rings. The number of nitrogen functional groups attached to an aromatic ring is 3. The van der Waals surface area contributed by atoms with Crippen LogP contribution in [0.15, 0.2) is 30.3 Å². The molecule has 1 aliphatic rings. The third kappa shape index (κ3) is 2.79. The summed E-state index contributed by atoms with van der Waals surface area (Å²) in [4.78, 5) is 3.88. The Hall–Kier alpha value is -2.63. The van der Waals surface area contributed by atoms with Crippen LogP contribution in [0.3, 0.4) is 0 Å². The minimum atomic E-state index is -0.0186. The predicted molar refractivity (Wildman–Crippen MR) is 82.1 cm³/mol. The first kappa shape index (κ1) is 13.4. The average Bonchev–Trinajstić information content (AvgIpc) is 2.49. The van der Waals surface area contributed by atoms with Crippen molar-refractivity contribution in [3.05, 3.63) is 35.9 Å². The van der Waals surface area contributed by atoms with Gasteiger partial charge in [-0.25, -0.2) is 4.98 Å². The molecule has 0 saturated heterocycles. The summed E-state index contributed by atoms with van der Waals surface area (Å²) in [5, 5.41) is 0. The number of rotatable bonds is 3. The molecule has 0 amide bonds. The summed E-state index contributed by atoms with van der Waals surface area (Å²) in [6, 6.07) is 9.60. The molecule has 0 spiro atoms. The number of fused-ring (bicyclic) bond motifs is 1. The second-order valence-corrected chi connectivity index (χ2v) is 5.04. The van der Waals surface area contributed by atoms with Crippen LogP contribution >= 0.6 is 0 Å². The second-order valence-electron chi connectivity index (χ2n) is 5.04. The monoisotopic (exact) mass is 286 g/mol. The minimum absolute atomic E-state index is 0.0186. The van der Waals surface area contributed by atoms with Crippen molar-refractivity contribution in [2.24, 2.45) is 0 Å². The lowest BCUT2D eigenvalue weighted by molar-refractivity contribution is 0.110. The molecule has 0 radical (unpaired) electrons. The lowest BCUT2D eigenvalue weighted by Crippen LogP contribution is -2.29. The van der Waals surface area contributed by atoms with Crippen LogP contribution < -0.4 is 26.7 Å². The molecule has 6 nitrogen and oxygen atoms in total. The Bertz CT molecular complexity index is 660. The van der Waals surface area contributed by atoms with Gasteiger partial charge in [0, 0.05) is 6.07 Å². The SMILES string of the molecule is Nc1cc(OCC2CCc3ccccc3O2)c(N)c(N)n1. The number of hydrogen-bond acceptors (Lipinski definition) is 6. The third-order valence-corrected chi connectivity index (χ3v) is 3.50. The van der Waals surface area contributed by atoms with E-state index in [4.69, 9.17) is 26.7 Å². The summed E-state index contributed by atoms with van der Waals surface area (Å²) in [6.07, 6.45) is 1.85. The van der Waals surface area contributed by atoms with E-state index in [-0.39, 0.29) is 17.7 Å². The third-order valence-electron chi connectivity index (χ3n) is 3.50. The fourth-order valence-electron chi connectivity index (χ4n) is 2.37. The highest BCUT2D eigenvalue weighted by molar-refractivity contribution is 5.69. The fraction of sp³-hybridized carbons (Fsp3) is 0.267. The zero-order valence-corrected chi connectivity index (χ0v) is 11.6. The van der Waals surface area contributed by atoms with Gasteiger partial charge >= 0.3 is 0 Å². The van der Waals surface area contributed by atoms with E-state index in [0.717, 1.165) is 18.6 Å². The predicted octanol–water partition coefficient (Wildman–Crippen LogP) is 1.60. The average molecular weight is 286 g/mol. The fourth-order valence-corrected chi connectivity index (χ4v) is 2.37. The van der Waals surface area contributed by atoms with Gasteiger partial charge in [-0.3, -0.25) is 0 Å². The van der Waals surface area contributed by atoms with Gasteiger partial charge < -0.3 is 26.7 Å². The van der Waals surface area contributed by atoms with E-state index >= 15 is 0 Å². The summed E-state index contributed by atoms with van der Waals surface area (Å²) < 4.78 is 11.6. The zero-order chi connectivity index (χ0) is 14.8. The van der Waals surface area contributed by atoms with Crippen LogP contribution in [-0.2, 0) is 6.42 Å². The molecule has 6 heteroatoms. The van der Waals surface area contributed by atoms with Crippen LogP contribution in [0.4, 0.5) is 17.3 Å². The number of nitrogens with two attached hydrogens (primary N) is 3. The molecule has 1 atom stereocenters. The summed E-state index contributed by atoms with van der Waals surface area (Å²) in [5.41, 5.74) is 18.7. The van der Waals surface area contributed by atoms with Crippen molar-refractivity contribution in [1.82, 2.24) is 4.98 Å². The number of ether oxygens (including phenoxy) is 2. The van der Waals surface area contributed by atoms with Gasteiger partial charge in [0.05, 0.1) is 0 Å². The maximum atomic E-state index is 5.91. The highest BCUT2D eigenvalue weighted by Gasteiger charge is 2.20. The van der Waals surface area contributed by atoms with Gasteiger partial charge in [-0.1, -0.05) is 18.2 Å². The molecule has 1 unspecified atom stereocenters. The van der Waals surface area contributed by atoms with E-state index in [1.807, 2.05) is 18.2 Å². The van der Waals surface area contributed by atoms with Crippen molar-refractivity contribution in [3.8, 4) is 11.5 Å². The number of hydrogen-bond donors (Lipinski definition) is 3. The summed E-state index contributed by atoms with van der Waals surface area (Å²) in [6.45, 7) is 0.390. The van der Waals surface area contributed by atoms with Crippen LogP contribution in [0.1, 0.15) is 12.0 Å². The van der Waals surface area contributed by atoms with Gasteiger partial charge in [-0.15, -0.1) is 0 Å². The van der Waals surface area contributed by atoms with Crippen LogP contribution in [0, 0.1) is 0 Å². The van der Waals surface area contributed by atoms with Gasteiger partial charge in [0.25, 0.3) is 0 Å². The van der Waals surface area contributed by atoms with Crippen molar-refractivity contribution >= 4 is 17.3 Å². The van der Waals surface area contributed by atoms with Crippen LogP contribution in [-0.4, -0.2) is 17.7 Å². The topological polar surface area (TPSA) is 109 Å². The van der Waals surface area contributed by atoms with Crippen LogP contribution in [0.5, 0.6) is 11.5 Å². The van der Waals surface area contributed by atoms with E-state index in [0.29, 0.717) is 18.0 Å². The molecule has 21 heavy (non-hydrogen) atoms. The first-order valence-corrected chi connectivity index (χ1v) is 6.82. The number of anilines is 3. The van der Waals surface area contributed by atoms with E-state index in [1.54, 1.807) is 6.07 Å². The van der Waals surface area contributed by atoms with E-state index in [1.165, 1.54) is 5.56 Å². The Labute approximate surface area is 122 Å². The lowest BCUT2D eigenvalue weighted by Gasteiger charge is -2.26. The molecular formula is C15H18N4O2. The number of aryl methyl sites for hydroxylation is 1. The number of nitrogens with zero attached hydrogens (tertiary/aromatic N) is 1. The molecule has 0 saturated carbocycles. The van der Waals surface area contributed by atoms with Gasteiger partial charge in [-0.05, 0) is 24.5 Å². The maximum absolute atomic E-state index is 5.91.